The number of nitrogen functional groups attached to an aromatic ring is 1. The lowest BCUT2D eigenvalue weighted by Crippen LogP contribution is -1.96. The van der Waals surface area contributed by atoms with Crippen molar-refractivity contribution in [3.8, 4) is 11.6 Å². The van der Waals surface area contributed by atoms with E-state index in [-0.39, 0.29) is 23.3 Å². The number of rotatable bonds is 3. The van der Waals surface area contributed by atoms with Gasteiger partial charge in [-0.15, -0.1) is 0 Å². The van der Waals surface area contributed by atoms with E-state index in [1.54, 1.807) is 0 Å². The molecule has 92 valence electrons. The molecule has 0 saturated carbocycles. The van der Waals surface area contributed by atoms with Gasteiger partial charge in [-0.1, -0.05) is 0 Å². The Kier molecular flexibility index (Phi) is 3.38. The number of nitrogens with two attached hydrogens (primary N) is 1. The van der Waals surface area contributed by atoms with Gasteiger partial charge in [-0.05, 0) is 22.0 Å². The molecule has 2 rings (SSSR count). The maximum absolute atomic E-state index is 10.7. The Balaban J connectivity index is 2.33. The lowest BCUT2D eigenvalue weighted by molar-refractivity contribution is -0.384. The van der Waals surface area contributed by atoms with Crippen LogP contribution in [-0.2, 0) is 0 Å². The first kappa shape index (κ1) is 12.2. The molecule has 0 spiro atoms. The minimum absolute atomic E-state index is 0.0639. The number of hydrogen-bond acceptors (Lipinski definition) is 6. The fourth-order valence-corrected chi connectivity index (χ4v) is 1.54. The van der Waals surface area contributed by atoms with Crippen LogP contribution in [0.2, 0.25) is 0 Å². The van der Waals surface area contributed by atoms with Gasteiger partial charge in [-0.25, -0.2) is 4.98 Å². The van der Waals surface area contributed by atoms with E-state index in [1.807, 2.05) is 0 Å². The summed E-state index contributed by atoms with van der Waals surface area (Å²) >= 11 is 3.23. The molecule has 0 aliphatic rings. The molecule has 0 atom stereocenters. The van der Waals surface area contributed by atoms with Crippen LogP contribution in [0.25, 0.3) is 0 Å². The summed E-state index contributed by atoms with van der Waals surface area (Å²) in [5.41, 5.74) is 5.33. The smallest absolute Gasteiger partial charge is 0.273 e. The number of ether oxygens (including phenoxy) is 1. The van der Waals surface area contributed by atoms with Crippen LogP contribution >= 0.6 is 15.9 Å². The quantitative estimate of drug-likeness (QED) is 0.690. The van der Waals surface area contributed by atoms with Crippen molar-refractivity contribution in [3.63, 3.8) is 0 Å². The van der Waals surface area contributed by atoms with Crippen LogP contribution in [0.3, 0.4) is 0 Å². The molecule has 1 aromatic carbocycles. The molecule has 8 heteroatoms. The Hall–Kier alpha value is -2.22. The Bertz CT molecular complexity index is 605. The number of hydrogen-bond donors (Lipinski definition) is 1. The first-order valence-corrected chi connectivity index (χ1v) is 5.56. The topological polar surface area (TPSA) is 104 Å². The summed E-state index contributed by atoms with van der Waals surface area (Å²) in [5.74, 6) is 0.556. The van der Waals surface area contributed by atoms with Crippen molar-refractivity contribution in [2.24, 2.45) is 0 Å². The van der Waals surface area contributed by atoms with Crippen LogP contribution in [-0.4, -0.2) is 14.9 Å². The van der Waals surface area contributed by atoms with E-state index in [2.05, 4.69) is 25.9 Å². The summed E-state index contributed by atoms with van der Waals surface area (Å²) in [6.45, 7) is 0. The van der Waals surface area contributed by atoms with E-state index in [1.165, 1.54) is 30.5 Å². The summed E-state index contributed by atoms with van der Waals surface area (Å²) < 4.78 is 5.97. The number of anilines is 1. The van der Waals surface area contributed by atoms with E-state index in [0.717, 1.165) is 0 Å². The lowest BCUT2D eigenvalue weighted by Gasteiger charge is -2.06. The summed E-state index contributed by atoms with van der Waals surface area (Å²) in [6.07, 6.45) is 1.43. The zero-order valence-corrected chi connectivity index (χ0v) is 10.5. The average molecular weight is 311 g/mol. The van der Waals surface area contributed by atoms with Gasteiger partial charge in [0.05, 0.1) is 15.5 Å². The highest BCUT2D eigenvalue weighted by atomic mass is 79.9. The number of nitro groups is 1. The highest BCUT2D eigenvalue weighted by molar-refractivity contribution is 9.10. The number of halogens is 1. The van der Waals surface area contributed by atoms with E-state index in [4.69, 9.17) is 10.5 Å². The highest BCUT2D eigenvalue weighted by Crippen LogP contribution is 2.32. The third kappa shape index (κ3) is 2.72. The van der Waals surface area contributed by atoms with Gasteiger partial charge < -0.3 is 10.5 Å². The molecule has 0 unspecified atom stereocenters. The normalized spacial score (nSPS) is 10.1. The summed E-state index contributed by atoms with van der Waals surface area (Å²) in [6, 6.07) is 5.69. The molecule has 1 heterocycles. The number of benzene rings is 1. The molecule has 0 saturated heterocycles. The third-order valence-electron chi connectivity index (χ3n) is 1.99. The van der Waals surface area contributed by atoms with Crippen molar-refractivity contribution in [3.05, 3.63) is 45.0 Å². The van der Waals surface area contributed by atoms with E-state index < -0.39 is 4.92 Å². The number of aromatic nitrogens is 2. The SMILES string of the molecule is Nc1nccc(Oc2cc([N+](=O)[O-])ccc2Br)n1. The van der Waals surface area contributed by atoms with Gasteiger partial charge in [0.25, 0.3) is 5.69 Å². The van der Waals surface area contributed by atoms with Crippen molar-refractivity contribution >= 4 is 27.6 Å². The monoisotopic (exact) mass is 310 g/mol. The molecular weight excluding hydrogens is 304 g/mol. The van der Waals surface area contributed by atoms with Crippen LogP contribution in [0.5, 0.6) is 11.6 Å². The van der Waals surface area contributed by atoms with Crippen molar-refractivity contribution in [1.29, 1.82) is 0 Å². The van der Waals surface area contributed by atoms with Gasteiger partial charge in [-0.3, -0.25) is 10.1 Å². The summed E-state index contributed by atoms with van der Waals surface area (Å²) in [7, 11) is 0. The summed E-state index contributed by atoms with van der Waals surface area (Å²) in [5, 5.41) is 10.7. The first-order chi connectivity index (χ1) is 8.56. The molecule has 0 bridgehead atoms. The third-order valence-corrected chi connectivity index (χ3v) is 2.64. The van der Waals surface area contributed by atoms with Gasteiger partial charge in [0.15, 0.2) is 5.75 Å². The van der Waals surface area contributed by atoms with Crippen molar-refractivity contribution < 1.29 is 9.66 Å². The molecule has 1 aromatic heterocycles. The van der Waals surface area contributed by atoms with Crippen molar-refractivity contribution in [2.75, 3.05) is 5.73 Å². The zero-order chi connectivity index (χ0) is 13.1. The molecule has 2 N–H and O–H groups in total. The standard InChI is InChI=1S/C10H7BrN4O3/c11-7-2-1-6(15(16)17)5-8(7)18-9-3-4-13-10(12)14-9/h1-5H,(H2,12,13,14). The van der Waals surface area contributed by atoms with E-state index in [0.29, 0.717) is 4.47 Å². The molecule has 7 nitrogen and oxygen atoms in total. The predicted octanol–water partition coefficient (Wildman–Crippen LogP) is 2.52. The van der Waals surface area contributed by atoms with Crippen LogP contribution in [0.1, 0.15) is 0 Å². The molecule has 0 aliphatic carbocycles. The lowest BCUT2D eigenvalue weighted by atomic mass is 10.3. The minimum atomic E-state index is -0.506. The molecular formula is C10H7BrN4O3. The van der Waals surface area contributed by atoms with Crippen molar-refractivity contribution in [1.82, 2.24) is 9.97 Å². The molecule has 0 aliphatic heterocycles. The molecule has 18 heavy (non-hydrogen) atoms. The Morgan fingerprint density at radius 3 is 2.83 bits per heavy atom. The van der Waals surface area contributed by atoms with Gasteiger partial charge in [-0.2, -0.15) is 4.98 Å². The minimum Gasteiger partial charge on any atom is -0.437 e. The van der Waals surface area contributed by atoms with Crippen LogP contribution < -0.4 is 10.5 Å². The van der Waals surface area contributed by atoms with Gasteiger partial charge in [0.2, 0.25) is 11.8 Å². The second-order valence-corrected chi connectivity index (χ2v) is 4.08. The van der Waals surface area contributed by atoms with Crippen LogP contribution in [0, 0.1) is 10.1 Å². The fourth-order valence-electron chi connectivity index (χ4n) is 1.21. The first-order valence-electron chi connectivity index (χ1n) is 4.76. The van der Waals surface area contributed by atoms with Crippen molar-refractivity contribution in [2.45, 2.75) is 0 Å². The van der Waals surface area contributed by atoms with Crippen LogP contribution in [0.4, 0.5) is 11.6 Å². The maximum atomic E-state index is 10.7. The fraction of sp³-hybridized carbons (Fsp3) is 0. The average Bonchev–Trinajstić information content (AvgIpc) is 2.31. The molecule has 0 fully saturated rings. The van der Waals surface area contributed by atoms with E-state index >= 15 is 0 Å². The van der Waals surface area contributed by atoms with Gasteiger partial charge >= 0.3 is 0 Å². The number of non-ortho nitro benzene ring substituents is 1. The Morgan fingerprint density at radius 1 is 1.39 bits per heavy atom. The Labute approximate surface area is 110 Å². The van der Waals surface area contributed by atoms with Crippen LogP contribution in [0.15, 0.2) is 34.9 Å². The molecule has 0 radical (unpaired) electrons. The highest BCUT2D eigenvalue weighted by Gasteiger charge is 2.11. The summed E-state index contributed by atoms with van der Waals surface area (Å²) in [4.78, 5) is 17.7. The predicted molar refractivity (Wildman–Crippen MR) is 67.3 cm³/mol. The maximum Gasteiger partial charge on any atom is 0.273 e. The second kappa shape index (κ2) is 4.96. The van der Waals surface area contributed by atoms with Gasteiger partial charge in [0, 0.05) is 18.3 Å². The molecule has 2 aromatic rings. The van der Waals surface area contributed by atoms with Gasteiger partial charge in [0.1, 0.15) is 0 Å². The largest absolute Gasteiger partial charge is 0.437 e. The van der Waals surface area contributed by atoms with E-state index in [9.17, 15) is 10.1 Å². The molecule has 0 amide bonds. The Morgan fingerprint density at radius 2 is 2.17 bits per heavy atom. The number of nitrogens with zero attached hydrogens (tertiary/aromatic N) is 3. The number of nitro benzene ring substituents is 1. The zero-order valence-electron chi connectivity index (χ0n) is 8.91. The second-order valence-electron chi connectivity index (χ2n) is 3.23.